The van der Waals surface area contributed by atoms with E-state index in [1.54, 1.807) is 18.2 Å². The van der Waals surface area contributed by atoms with Crippen molar-refractivity contribution in [3.63, 3.8) is 0 Å². The molecule has 1 aliphatic rings. The highest BCUT2D eigenvalue weighted by Crippen LogP contribution is 2.34. The zero-order valence-corrected chi connectivity index (χ0v) is 9.08. The van der Waals surface area contributed by atoms with E-state index in [-0.39, 0.29) is 17.7 Å². The quantitative estimate of drug-likeness (QED) is 0.789. The first-order valence-corrected chi connectivity index (χ1v) is 5.53. The molecule has 2 aromatic carbocycles. The molecule has 0 aromatic heterocycles. The molecule has 1 N–H and O–H groups in total. The Hall–Kier alpha value is -1.90. The molecule has 1 atom stereocenters. The summed E-state index contributed by atoms with van der Waals surface area (Å²) in [6.07, 6.45) is 0.807. The predicted octanol–water partition coefficient (Wildman–Crippen LogP) is 3.67. The van der Waals surface area contributed by atoms with Crippen molar-refractivity contribution in [3.05, 3.63) is 65.2 Å². The van der Waals surface area contributed by atoms with Crippen molar-refractivity contribution >= 4 is 5.69 Å². The van der Waals surface area contributed by atoms with Gasteiger partial charge in [-0.25, -0.2) is 8.78 Å². The van der Waals surface area contributed by atoms with Gasteiger partial charge in [-0.2, -0.15) is 0 Å². The smallest absolute Gasteiger partial charge is 0.125 e. The molecule has 0 radical (unpaired) electrons. The second-order valence-electron chi connectivity index (χ2n) is 4.25. The third kappa shape index (κ3) is 1.88. The minimum Gasteiger partial charge on any atom is -0.378 e. The summed E-state index contributed by atoms with van der Waals surface area (Å²) in [5.41, 5.74) is 2.95. The summed E-state index contributed by atoms with van der Waals surface area (Å²) in [5.74, 6) is -0.480. The molecule has 17 heavy (non-hydrogen) atoms. The summed E-state index contributed by atoms with van der Waals surface area (Å²) in [5, 5.41) is 3.25. The molecule has 0 saturated heterocycles. The average Bonchev–Trinajstić information content (AvgIpc) is 2.72. The Balaban J connectivity index is 1.88. The molecule has 1 aliphatic heterocycles. The highest BCUT2D eigenvalue weighted by Gasteiger charge is 2.22. The number of rotatable bonds is 1. The van der Waals surface area contributed by atoms with E-state index in [0.717, 1.165) is 23.2 Å². The van der Waals surface area contributed by atoms with E-state index in [1.807, 2.05) is 0 Å². The first-order chi connectivity index (χ1) is 8.22. The van der Waals surface area contributed by atoms with Crippen molar-refractivity contribution in [3.8, 4) is 0 Å². The van der Waals surface area contributed by atoms with E-state index in [4.69, 9.17) is 0 Å². The van der Waals surface area contributed by atoms with E-state index < -0.39 is 0 Å². The Morgan fingerprint density at radius 2 is 1.65 bits per heavy atom. The van der Waals surface area contributed by atoms with Crippen LogP contribution in [0.5, 0.6) is 0 Å². The molecule has 0 spiro atoms. The van der Waals surface area contributed by atoms with Crippen molar-refractivity contribution in [2.24, 2.45) is 0 Å². The van der Waals surface area contributed by atoms with Crippen molar-refractivity contribution in [2.75, 3.05) is 5.32 Å². The second-order valence-corrected chi connectivity index (χ2v) is 4.25. The van der Waals surface area contributed by atoms with Crippen molar-refractivity contribution in [1.82, 2.24) is 0 Å². The molecule has 3 heteroatoms. The monoisotopic (exact) mass is 231 g/mol. The van der Waals surface area contributed by atoms with E-state index in [9.17, 15) is 8.78 Å². The van der Waals surface area contributed by atoms with E-state index >= 15 is 0 Å². The molecule has 0 amide bonds. The Morgan fingerprint density at radius 1 is 0.941 bits per heavy atom. The summed E-state index contributed by atoms with van der Waals surface area (Å²) >= 11 is 0. The summed E-state index contributed by atoms with van der Waals surface area (Å²) in [6, 6.07) is 11.3. The molecule has 3 rings (SSSR count). The highest BCUT2D eigenvalue weighted by atomic mass is 19.1. The first-order valence-electron chi connectivity index (χ1n) is 5.53. The van der Waals surface area contributed by atoms with Gasteiger partial charge in [-0.05, 0) is 41.8 Å². The lowest BCUT2D eigenvalue weighted by molar-refractivity contribution is 0.626. The van der Waals surface area contributed by atoms with Crippen molar-refractivity contribution < 1.29 is 8.78 Å². The minimum atomic E-state index is -0.240. The van der Waals surface area contributed by atoms with Crippen LogP contribution in [0.4, 0.5) is 14.5 Å². The van der Waals surface area contributed by atoms with E-state index in [1.165, 1.54) is 24.3 Å². The Morgan fingerprint density at radius 3 is 2.41 bits per heavy atom. The maximum absolute atomic E-state index is 13.1. The molecule has 0 aliphatic carbocycles. The van der Waals surface area contributed by atoms with Crippen LogP contribution in [0.3, 0.4) is 0 Å². The fourth-order valence-corrected chi connectivity index (χ4v) is 2.22. The lowest BCUT2D eigenvalue weighted by atomic mass is 10.0. The number of fused-ring (bicyclic) bond motifs is 1. The van der Waals surface area contributed by atoms with Gasteiger partial charge in [0.05, 0.1) is 6.04 Å². The normalized spacial score (nSPS) is 17.6. The van der Waals surface area contributed by atoms with Crippen LogP contribution in [0.1, 0.15) is 17.2 Å². The molecule has 0 bridgehead atoms. The van der Waals surface area contributed by atoms with Gasteiger partial charge in [-0.3, -0.25) is 0 Å². The van der Waals surface area contributed by atoms with Gasteiger partial charge in [0.1, 0.15) is 11.6 Å². The molecule has 2 aromatic rings. The summed E-state index contributed by atoms with van der Waals surface area (Å²) < 4.78 is 25.9. The van der Waals surface area contributed by atoms with Gasteiger partial charge in [0.2, 0.25) is 0 Å². The third-order valence-corrected chi connectivity index (χ3v) is 3.10. The zero-order valence-electron chi connectivity index (χ0n) is 9.08. The van der Waals surface area contributed by atoms with Crippen LogP contribution < -0.4 is 5.32 Å². The minimum absolute atomic E-state index is 0.104. The number of hydrogen-bond acceptors (Lipinski definition) is 1. The van der Waals surface area contributed by atoms with Gasteiger partial charge < -0.3 is 5.32 Å². The molecule has 1 nitrogen and oxygen atoms in total. The molecule has 1 unspecified atom stereocenters. The van der Waals surface area contributed by atoms with Crippen molar-refractivity contribution in [1.29, 1.82) is 0 Å². The number of benzene rings is 2. The fourth-order valence-electron chi connectivity index (χ4n) is 2.22. The van der Waals surface area contributed by atoms with Gasteiger partial charge in [-0.15, -0.1) is 0 Å². The number of nitrogens with one attached hydrogen (secondary N) is 1. The van der Waals surface area contributed by atoms with E-state index in [0.29, 0.717) is 0 Å². The molecule has 0 fully saturated rings. The van der Waals surface area contributed by atoms with Gasteiger partial charge in [0, 0.05) is 5.69 Å². The van der Waals surface area contributed by atoms with Crippen LogP contribution in [-0.4, -0.2) is 0 Å². The van der Waals surface area contributed by atoms with Crippen LogP contribution in [0.25, 0.3) is 0 Å². The van der Waals surface area contributed by atoms with Gasteiger partial charge >= 0.3 is 0 Å². The summed E-state index contributed by atoms with van der Waals surface area (Å²) in [4.78, 5) is 0. The fraction of sp³-hybridized carbons (Fsp3) is 0.143. The number of anilines is 1. The van der Waals surface area contributed by atoms with Crippen LogP contribution in [0, 0.1) is 11.6 Å². The van der Waals surface area contributed by atoms with Gasteiger partial charge in [0.25, 0.3) is 0 Å². The Labute approximate surface area is 98.1 Å². The second kappa shape index (κ2) is 3.84. The molecule has 86 valence electrons. The zero-order chi connectivity index (χ0) is 11.8. The highest BCUT2D eigenvalue weighted by molar-refractivity contribution is 5.58. The van der Waals surface area contributed by atoms with E-state index in [2.05, 4.69) is 5.32 Å². The summed E-state index contributed by atoms with van der Waals surface area (Å²) in [6.45, 7) is 0. The lowest BCUT2D eigenvalue weighted by Gasteiger charge is -2.11. The average molecular weight is 231 g/mol. The molecule has 1 heterocycles. The van der Waals surface area contributed by atoms with Gasteiger partial charge in [-0.1, -0.05) is 18.2 Å². The topological polar surface area (TPSA) is 12.0 Å². The third-order valence-electron chi connectivity index (χ3n) is 3.10. The number of halogens is 2. The molecular weight excluding hydrogens is 220 g/mol. The number of hydrogen-bond donors (Lipinski definition) is 1. The maximum atomic E-state index is 13.1. The summed E-state index contributed by atoms with van der Waals surface area (Å²) in [7, 11) is 0. The molecular formula is C14H11F2N. The van der Waals surface area contributed by atoms with Crippen LogP contribution in [0.2, 0.25) is 0 Å². The van der Waals surface area contributed by atoms with Crippen LogP contribution in [0.15, 0.2) is 42.5 Å². The maximum Gasteiger partial charge on any atom is 0.125 e. The SMILES string of the molecule is Fc1ccc(C2Cc3ccc(F)cc3N2)cc1. The predicted molar refractivity (Wildman–Crippen MR) is 62.9 cm³/mol. The first kappa shape index (κ1) is 10.3. The van der Waals surface area contributed by atoms with Crippen LogP contribution >= 0.6 is 0 Å². The standard InChI is InChI=1S/C14H11F2N/c15-11-4-1-9(2-5-11)13-7-10-3-6-12(16)8-14(10)17-13/h1-6,8,13,17H,7H2. The Bertz CT molecular complexity index is 549. The van der Waals surface area contributed by atoms with Crippen molar-refractivity contribution in [2.45, 2.75) is 12.5 Å². The lowest BCUT2D eigenvalue weighted by Crippen LogP contribution is -2.05. The van der Waals surface area contributed by atoms with Gasteiger partial charge in [0.15, 0.2) is 0 Å². The van der Waals surface area contributed by atoms with Crippen LogP contribution in [-0.2, 0) is 6.42 Å². The largest absolute Gasteiger partial charge is 0.378 e. The Kier molecular flexibility index (Phi) is 2.32. The molecule has 0 saturated carbocycles.